The van der Waals surface area contributed by atoms with E-state index in [1.807, 2.05) is 17.6 Å². The Morgan fingerprint density at radius 3 is 2.76 bits per heavy atom. The predicted octanol–water partition coefficient (Wildman–Crippen LogP) is 1.67. The largest absolute Gasteiger partial charge is 0.343 e. The van der Waals surface area contributed by atoms with Gasteiger partial charge in [0.25, 0.3) is 11.8 Å². The van der Waals surface area contributed by atoms with Crippen LogP contribution in [-0.4, -0.2) is 51.8 Å². The second-order valence-electron chi connectivity index (χ2n) is 6.24. The first kappa shape index (κ1) is 16.7. The molecule has 3 rings (SSSR count). The molecule has 7 nitrogen and oxygen atoms in total. The van der Waals surface area contributed by atoms with Crippen molar-refractivity contribution in [2.24, 2.45) is 0 Å². The summed E-state index contributed by atoms with van der Waals surface area (Å²) in [5, 5.41) is 9.01. The average molecular weight is 337 g/mol. The number of rotatable bonds is 2. The van der Waals surface area contributed by atoms with Crippen LogP contribution in [0.5, 0.6) is 0 Å². The van der Waals surface area contributed by atoms with Gasteiger partial charge in [0.2, 0.25) is 0 Å². The summed E-state index contributed by atoms with van der Waals surface area (Å²) in [4.78, 5) is 32.6. The van der Waals surface area contributed by atoms with E-state index in [0.717, 1.165) is 0 Å². The Kier molecular flexibility index (Phi) is 4.28. The normalized spacial score (nSPS) is 16.1. The van der Waals surface area contributed by atoms with E-state index in [0.29, 0.717) is 35.7 Å². The smallest absolute Gasteiger partial charge is 0.273 e. The van der Waals surface area contributed by atoms with Gasteiger partial charge in [0.05, 0.1) is 17.7 Å². The summed E-state index contributed by atoms with van der Waals surface area (Å²) in [5.41, 5.74) is 1.32. The number of nitriles is 1. The van der Waals surface area contributed by atoms with E-state index in [1.165, 1.54) is 4.90 Å². The summed E-state index contributed by atoms with van der Waals surface area (Å²) in [6.45, 7) is 3.00. The van der Waals surface area contributed by atoms with Crippen molar-refractivity contribution in [3.63, 3.8) is 0 Å². The highest BCUT2D eigenvalue weighted by molar-refractivity contribution is 5.95. The summed E-state index contributed by atoms with van der Waals surface area (Å²) in [6, 6.07) is 8.47. The minimum absolute atomic E-state index is 0.140. The van der Waals surface area contributed by atoms with Gasteiger partial charge in [-0.3, -0.25) is 9.59 Å². The molecule has 0 aliphatic carbocycles. The van der Waals surface area contributed by atoms with Gasteiger partial charge in [-0.1, -0.05) is 6.07 Å². The van der Waals surface area contributed by atoms with E-state index >= 15 is 0 Å². The lowest BCUT2D eigenvalue weighted by molar-refractivity contribution is 0.0638. The van der Waals surface area contributed by atoms with Crippen LogP contribution in [-0.2, 0) is 6.54 Å². The molecule has 128 valence electrons. The van der Waals surface area contributed by atoms with E-state index in [2.05, 4.69) is 4.98 Å². The Balaban J connectivity index is 1.88. The first-order valence-electron chi connectivity index (χ1n) is 8.02. The van der Waals surface area contributed by atoms with Crippen LogP contribution in [0.15, 0.2) is 30.5 Å². The number of benzene rings is 1. The molecule has 0 bridgehead atoms. The fourth-order valence-electron chi connectivity index (χ4n) is 2.99. The van der Waals surface area contributed by atoms with Crippen molar-refractivity contribution in [3.8, 4) is 6.07 Å². The quantitative estimate of drug-likeness (QED) is 0.835. The molecule has 0 N–H and O–H groups in total. The molecule has 0 spiro atoms. The molecule has 2 amide bonds. The third kappa shape index (κ3) is 2.98. The predicted molar refractivity (Wildman–Crippen MR) is 90.9 cm³/mol. The Morgan fingerprint density at radius 2 is 2.08 bits per heavy atom. The number of hydrogen-bond acceptors (Lipinski definition) is 4. The number of imidazole rings is 1. The molecule has 1 aromatic carbocycles. The first-order chi connectivity index (χ1) is 11.9. The number of carbonyl (C=O) groups is 2. The molecule has 0 unspecified atom stereocenters. The maximum absolute atomic E-state index is 12.8. The van der Waals surface area contributed by atoms with Crippen molar-refractivity contribution in [2.45, 2.75) is 19.5 Å². The van der Waals surface area contributed by atoms with Gasteiger partial charge in [-0.25, -0.2) is 4.98 Å². The van der Waals surface area contributed by atoms with Gasteiger partial charge in [-0.05, 0) is 25.1 Å². The highest BCUT2D eigenvalue weighted by atomic mass is 16.2. The minimum atomic E-state index is -0.254. The first-order valence-corrected chi connectivity index (χ1v) is 8.02. The van der Waals surface area contributed by atoms with Crippen molar-refractivity contribution in [1.82, 2.24) is 19.4 Å². The van der Waals surface area contributed by atoms with Crippen molar-refractivity contribution in [3.05, 3.63) is 53.1 Å². The zero-order valence-corrected chi connectivity index (χ0v) is 14.4. The summed E-state index contributed by atoms with van der Waals surface area (Å²) in [7, 11) is 3.37. The fraction of sp³-hybridized carbons (Fsp3) is 0.333. The maximum atomic E-state index is 12.8. The van der Waals surface area contributed by atoms with Crippen LogP contribution in [0, 0.1) is 11.3 Å². The lowest BCUT2D eigenvalue weighted by atomic mass is 10.1. The SMILES string of the molecule is C[C@H]1c2nc(C(=O)N(C)C)cn2CCN1C(=O)c1cccc(C#N)c1. The van der Waals surface area contributed by atoms with E-state index in [9.17, 15) is 9.59 Å². The van der Waals surface area contributed by atoms with Crippen molar-refractivity contribution >= 4 is 11.8 Å². The molecule has 0 fully saturated rings. The molecule has 2 heterocycles. The second kappa shape index (κ2) is 6.40. The number of fused-ring (bicyclic) bond motifs is 1. The highest BCUT2D eigenvalue weighted by Crippen LogP contribution is 2.26. The van der Waals surface area contributed by atoms with Crippen LogP contribution < -0.4 is 0 Å². The van der Waals surface area contributed by atoms with Gasteiger partial charge in [-0.15, -0.1) is 0 Å². The molecular weight excluding hydrogens is 318 g/mol. The molecule has 0 saturated carbocycles. The molecule has 7 heteroatoms. The molecule has 0 radical (unpaired) electrons. The van der Waals surface area contributed by atoms with Crippen LogP contribution in [0.2, 0.25) is 0 Å². The zero-order chi connectivity index (χ0) is 18.1. The molecule has 1 aromatic heterocycles. The number of nitrogens with zero attached hydrogens (tertiary/aromatic N) is 5. The van der Waals surface area contributed by atoms with E-state index in [1.54, 1.807) is 49.5 Å². The molecular formula is C18H19N5O2. The Hall–Kier alpha value is -3.14. The molecule has 1 aliphatic rings. The van der Waals surface area contributed by atoms with Crippen LogP contribution in [0.4, 0.5) is 0 Å². The highest BCUT2D eigenvalue weighted by Gasteiger charge is 2.31. The monoisotopic (exact) mass is 337 g/mol. The third-order valence-electron chi connectivity index (χ3n) is 4.36. The molecule has 0 saturated heterocycles. The number of amides is 2. The van der Waals surface area contributed by atoms with Crippen molar-refractivity contribution in [2.75, 3.05) is 20.6 Å². The molecule has 25 heavy (non-hydrogen) atoms. The summed E-state index contributed by atoms with van der Waals surface area (Å²) in [5.74, 6) is 0.397. The average Bonchev–Trinajstić information content (AvgIpc) is 3.06. The van der Waals surface area contributed by atoms with Crippen LogP contribution >= 0.6 is 0 Å². The lowest BCUT2D eigenvalue weighted by Crippen LogP contribution is -2.41. The van der Waals surface area contributed by atoms with Gasteiger partial charge in [0.15, 0.2) is 0 Å². The van der Waals surface area contributed by atoms with Gasteiger partial charge >= 0.3 is 0 Å². The Bertz CT molecular complexity index is 878. The third-order valence-corrected chi connectivity index (χ3v) is 4.36. The van der Waals surface area contributed by atoms with Crippen molar-refractivity contribution in [1.29, 1.82) is 5.26 Å². The summed E-state index contributed by atoms with van der Waals surface area (Å²) < 4.78 is 1.93. The van der Waals surface area contributed by atoms with Crippen LogP contribution in [0.3, 0.4) is 0 Å². The zero-order valence-electron chi connectivity index (χ0n) is 14.4. The van der Waals surface area contributed by atoms with Crippen LogP contribution in [0.25, 0.3) is 0 Å². The van der Waals surface area contributed by atoms with Gasteiger partial charge in [0.1, 0.15) is 11.5 Å². The topological polar surface area (TPSA) is 82.2 Å². The lowest BCUT2D eigenvalue weighted by Gasteiger charge is -2.33. The van der Waals surface area contributed by atoms with Gasteiger partial charge in [0, 0.05) is 38.9 Å². The number of carbonyl (C=O) groups excluding carboxylic acids is 2. The molecule has 1 atom stereocenters. The summed E-state index contributed by atoms with van der Waals surface area (Å²) in [6.07, 6.45) is 1.74. The van der Waals surface area contributed by atoms with E-state index in [4.69, 9.17) is 5.26 Å². The maximum Gasteiger partial charge on any atom is 0.273 e. The van der Waals surface area contributed by atoms with E-state index in [-0.39, 0.29) is 17.9 Å². The molecule has 2 aromatic rings. The van der Waals surface area contributed by atoms with Gasteiger partial charge in [-0.2, -0.15) is 5.26 Å². The minimum Gasteiger partial charge on any atom is -0.343 e. The second-order valence-corrected chi connectivity index (χ2v) is 6.24. The van der Waals surface area contributed by atoms with E-state index < -0.39 is 0 Å². The standard InChI is InChI=1S/C18H19N5O2/c1-12-16-20-15(18(25)21(2)3)11-22(16)7-8-23(12)17(24)14-6-4-5-13(9-14)10-19/h4-6,9,11-12H,7-8H2,1-3H3/t12-/m0/s1. The van der Waals surface area contributed by atoms with Crippen LogP contribution in [0.1, 0.15) is 45.2 Å². The molecule has 1 aliphatic heterocycles. The summed E-state index contributed by atoms with van der Waals surface area (Å²) >= 11 is 0. The number of hydrogen-bond donors (Lipinski definition) is 0. The Morgan fingerprint density at radius 1 is 1.32 bits per heavy atom. The number of aromatic nitrogens is 2. The Labute approximate surface area is 146 Å². The van der Waals surface area contributed by atoms with Gasteiger partial charge < -0.3 is 14.4 Å². The van der Waals surface area contributed by atoms with Crippen molar-refractivity contribution < 1.29 is 9.59 Å². The fourth-order valence-corrected chi connectivity index (χ4v) is 2.99.